The monoisotopic (exact) mass is 332 g/mol. The van der Waals surface area contributed by atoms with Crippen molar-refractivity contribution in [3.63, 3.8) is 0 Å². The van der Waals surface area contributed by atoms with Crippen LogP contribution in [0.15, 0.2) is 11.1 Å². The van der Waals surface area contributed by atoms with Crippen molar-refractivity contribution in [2.24, 2.45) is 17.3 Å². The van der Waals surface area contributed by atoms with Crippen molar-refractivity contribution in [3.8, 4) is 0 Å². The first-order chi connectivity index (χ1) is 11.5. The van der Waals surface area contributed by atoms with Crippen molar-refractivity contribution >= 4 is 11.8 Å². The van der Waals surface area contributed by atoms with Crippen molar-refractivity contribution in [2.45, 2.75) is 91.1 Å². The molecule has 0 N–H and O–H groups in total. The lowest BCUT2D eigenvalue weighted by atomic mass is 9.58. The Balaban J connectivity index is 1.76. The van der Waals surface area contributed by atoms with Crippen molar-refractivity contribution in [2.75, 3.05) is 0 Å². The lowest BCUT2D eigenvalue weighted by Crippen LogP contribution is -2.43. The normalized spacial score (nSPS) is 35.6. The lowest BCUT2D eigenvalue weighted by molar-refractivity contribution is -0.156. The number of ketones is 1. The molecule has 2 fully saturated rings. The second-order valence-electron chi connectivity index (χ2n) is 8.20. The molecule has 0 bridgehead atoms. The highest BCUT2D eigenvalue weighted by atomic mass is 16.5. The molecule has 0 saturated heterocycles. The molecule has 0 aliphatic heterocycles. The number of unbranched alkanes of at least 4 members (excludes halogenated alkanes) is 1. The molecule has 24 heavy (non-hydrogen) atoms. The van der Waals surface area contributed by atoms with E-state index in [0.29, 0.717) is 30.5 Å². The van der Waals surface area contributed by atoms with E-state index >= 15 is 0 Å². The number of esters is 1. The molecule has 0 aromatic carbocycles. The maximum Gasteiger partial charge on any atom is 0.306 e. The first kappa shape index (κ1) is 17.7. The predicted octanol–water partition coefficient (Wildman–Crippen LogP) is 4.98. The smallest absolute Gasteiger partial charge is 0.306 e. The number of hydrogen-bond donors (Lipinski definition) is 0. The molecule has 3 nitrogen and oxygen atoms in total. The Kier molecular flexibility index (Phi) is 5.17. The topological polar surface area (TPSA) is 43.4 Å². The summed E-state index contributed by atoms with van der Waals surface area (Å²) in [6, 6.07) is 0. The number of hydrogen-bond acceptors (Lipinski definition) is 3. The van der Waals surface area contributed by atoms with Gasteiger partial charge in [0.25, 0.3) is 0 Å². The van der Waals surface area contributed by atoms with Gasteiger partial charge in [-0.15, -0.1) is 0 Å². The van der Waals surface area contributed by atoms with Gasteiger partial charge in [0.05, 0.1) is 0 Å². The van der Waals surface area contributed by atoms with Gasteiger partial charge in [-0.2, -0.15) is 0 Å². The molecule has 0 aromatic heterocycles. The van der Waals surface area contributed by atoms with Gasteiger partial charge < -0.3 is 4.74 Å². The van der Waals surface area contributed by atoms with Crippen LogP contribution < -0.4 is 0 Å². The SMILES string of the molecule is CCCCC(=O)O[C@@H]1CCC2C3CCC(=O)C(CC)=C3CC[C@]21C. The molecule has 3 aliphatic rings. The van der Waals surface area contributed by atoms with Gasteiger partial charge in [0.2, 0.25) is 0 Å². The molecule has 0 spiro atoms. The summed E-state index contributed by atoms with van der Waals surface area (Å²) in [5.41, 5.74) is 2.68. The molecule has 3 heteroatoms. The van der Waals surface area contributed by atoms with Crippen LogP contribution in [0.5, 0.6) is 0 Å². The van der Waals surface area contributed by atoms with E-state index in [1.807, 2.05) is 0 Å². The lowest BCUT2D eigenvalue weighted by Gasteiger charge is -2.47. The molecule has 2 unspecified atom stereocenters. The second-order valence-corrected chi connectivity index (χ2v) is 8.20. The molecular weight excluding hydrogens is 300 g/mol. The Morgan fingerprint density at radius 2 is 2.00 bits per heavy atom. The van der Waals surface area contributed by atoms with E-state index in [4.69, 9.17) is 4.74 Å². The molecule has 0 radical (unpaired) electrons. The second kappa shape index (κ2) is 7.01. The standard InChI is InChI=1S/C21H32O3/c1-4-6-7-20(23)24-19-11-9-17-16-8-10-18(22)14(5-2)15(16)12-13-21(17,19)3/h16-17,19H,4-13H2,1-3H3/t16?,17?,19-,21-/m1/s1. The minimum Gasteiger partial charge on any atom is -0.462 e. The van der Waals surface area contributed by atoms with E-state index in [1.165, 1.54) is 5.57 Å². The van der Waals surface area contributed by atoms with Gasteiger partial charge in [0.15, 0.2) is 5.78 Å². The third kappa shape index (κ3) is 2.95. The summed E-state index contributed by atoms with van der Waals surface area (Å²) in [7, 11) is 0. The molecule has 0 amide bonds. The largest absolute Gasteiger partial charge is 0.462 e. The summed E-state index contributed by atoms with van der Waals surface area (Å²) in [6.45, 7) is 6.55. The fourth-order valence-electron chi connectivity index (χ4n) is 5.59. The number of ether oxygens (including phenoxy) is 1. The van der Waals surface area contributed by atoms with Crippen LogP contribution in [-0.2, 0) is 14.3 Å². The van der Waals surface area contributed by atoms with E-state index in [9.17, 15) is 9.59 Å². The Morgan fingerprint density at radius 1 is 1.21 bits per heavy atom. The zero-order valence-corrected chi connectivity index (χ0v) is 15.5. The fraction of sp³-hybridized carbons (Fsp3) is 0.810. The van der Waals surface area contributed by atoms with E-state index < -0.39 is 0 Å². The van der Waals surface area contributed by atoms with Gasteiger partial charge in [0.1, 0.15) is 6.10 Å². The summed E-state index contributed by atoms with van der Waals surface area (Å²) in [6.07, 6.45) is 9.41. The van der Waals surface area contributed by atoms with Crippen molar-refractivity contribution < 1.29 is 14.3 Å². The molecule has 4 atom stereocenters. The Hall–Kier alpha value is -1.12. The third-order valence-corrected chi connectivity index (χ3v) is 6.96. The van der Waals surface area contributed by atoms with Crippen molar-refractivity contribution in [3.05, 3.63) is 11.1 Å². The molecule has 0 aromatic rings. The van der Waals surface area contributed by atoms with Crippen LogP contribution in [0, 0.1) is 17.3 Å². The minimum atomic E-state index is -0.0156. The van der Waals surface area contributed by atoms with Gasteiger partial charge in [-0.05, 0) is 62.4 Å². The maximum absolute atomic E-state index is 12.2. The van der Waals surface area contributed by atoms with Crippen molar-refractivity contribution in [1.29, 1.82) is 0 Å². The summed E-state index contributed by atoms with van der Waals surface area (Å²) in [4.78, 5) is 24.4. The number of Topliss-reactive ketones (excluding diaryl/α,β-unsaturated/α-hetero) is 1. The zero-order chi connectivity index (χ0) is 17.3. The average molecular weight is 332 g/mol. The molecule has 134 valence electrons. The Labute approximate surface area is 146 Å². The number of fused-ring (bicyclic) bond motifs is 3. The zero-order valence-electron chi connectivity index (χ0n) is 15.5. The number of rotatable bonds is 5. The molecular formula is C21H32O3. The van der Waals surface area contributed by atoms with Crippen molar-refractivity contribution in [1.82, 2.24) is 0 Å². The Bertz CT molecular complexity index is 547. The van der Waals surface area contributed by atoms with E-state index in [0.717, 1.165) is 56.9 Å². The minimum absolute atomic E-state index is 0.0156. The third-order valence-electron chi connectivity index (χ3n) is 6.96. The van der Waals surface area contributed by atoms with Gasteiger partial charge in [-0.1, -0.05) is 32.8 Å². The number of allylic oxidation sites excluding steroid dienone is 2. The highest BCUT2D eigenvalue weighted by Gasteiger charge is 2.55. The summed E-state index contributed by atoms with van der Waals surface area (Å²) in [5, 5.41) is 0. The fourth-order valence-corrected chi connectivity index (χ4v) is 5.59. The first-order valence-corrected chi connectivity index (χ1v) is 9.95. The summed E-state index contributed by atoms with van der Waals surface area (Å²) in [5.74, 6) is 1.50. The summed E-state index contributed by atoms with van der Waals surface area (Å²) >= 11 is 0. The summed E-state index contributed by atoms with van der Waals surface area (Å²) < 4.78 is 5.92. The van der Waals surface area contributed by atoms with Crippen LogP contribution in [0.25, 0.3) is 0 Å². The molecule has 0 heterocycles. The van der Waals surface area contributed by atoms with Crippen LogP contribution in [-0.4, -0.2) is 17.9 Å². The van der Waals surface area contributed by atoms with Crippen LogP contribution >= 0.6 is 0 Å². The van der Waals surface area contributed by atoms with Crippen LogP contribution in [0.3, 0.4) is 0 Å². The molecule has 3 aliphatic carbocycles. The van der Waals surface area contributed by atoms with Crippen LogP contribution in [0.4, 0.5) is 0 Å². The number of carbonyl (C=O) groups excluding carboxylic acids is 2. The van der Waals surface area contributed by atoms with Gasteiger partial charge in [0, 0.05) is 18.3 Å². The van der Waals surface area contributed by atoms with Crippen LogP contribution in [0.1, 0.15) is 85.0 Å². The molecule has 2 saturated carbocycles. The molecule has 3 rings (SSSR count). The average Bonchev–Trinajstić information content (AvgIpc) is 2.89. The highest BCUT2D eigenvalue weighted by molar-refractivity contribution is 5.97. The number of carbonyl (C=O) groups is 2. The van der Waals surface area contributed by atoms with E-state index in [1.54, 1.807) is 0 Å². The van der Waals surface area contributed by atoms with Gasteiger partial charge in [-0.3, -0.25) is 9.59 Å². The van der Waals surface area contributed by atoms with Crippen LogP contribution in [0.2, 0.25) is 0 Å². The predicted molar refractivity (Wildman–Crippen MR) is 94.5 cm³/mol. The maximum atomic E-state index is 12.2. The quantitative estimate of drug-likeness (QED) is 0.667. The van der Waals surface area contributed by atoms with E-state index in [-0.39, 0.29) is 17.5 Å². The van der Waals surface area contributed by atoms with Gasteiger partial charge >= 0.3 is 5.97 Å². The van der Waals surface area contributed by atoms with Gasteiger partial charge in [-0.25, -0.2) is 0 Å². The first-order valence-electron chi connectivity index (χ1n) is 9.95. The highest BCUT2D eigenvalue weighted by Crippen LogP contribution is 2.59. The van der Waals surface area contributed by atoms with E-state index in [2.05, 4.69) is 20.8 Å². The Morgan fingerprint density at radius 3 is 2.71 bits per heavy atom.